The van der Waals surface area contributed by atoms with Crippen LogP contribution in [0.5, 0.6) is 0 Å². The molecule has 1 aromatic carbocycles. The Morgan fingerprint density at radius 2 is 1.91 bits per heavy atom. The molecule has 1 N–H and O–H groups in total. The molecule has 0 aliphatic carbocycles. The van der Waals surface area contributed by atoms with E-state index in [9.17, 15) is 17.6 Å². The van der Waals surface area contributed by atoms with Crippen LogP contribution >= 0.6 is 27.3 Å². The number of halogens is 2. The van der Waals surface area contributed by atoms with E-state index < -0.39 is 21.7 Å². The van der Waals surface area contributed by atoms with Gasteiger partial charge in [0.15, 0.2) is 0 Å². The van der Waals surface area contributed by atoms with E-state index in [1.807, 2.05) is 0 Å². The minimum Gasteiger partial charge on any atom is -0.325 e. The summed E-state index contributed by atoms with van der Waals surface area (Å²) in [5.74, 6) is -0.922. The van der Waals surface area contributed by atoms with Gasteiger partial charge in [0.2, 0.25) is 5.91 Å². The summed E-state index contributed by atoms with van der Waals surface area (Å²) in [6.07, 6.45) is 0. The summed E-state index contributed by atoms with van der Waals surface area (Å²) in [4.78, 5) is 11.9. The third kappa shape index (κ3) is 4.13. The molecule has 0 atom stereocenters. The molecule has 1 aromatic heterocycles. The number of carbonyl (C=O) groups excluding carboxylic acids is 1. The number of likely N-dealkylation sites (N-methyl/N-ethyl adjacent to an activating group) is 1. The molecule has 1 amide bonds. The molecule has 22 heavy (non-hydrogen) atoms. The molecule has 2 rings (SSSR count). The van der Waals surface area contributed by atoms with Gasteiger partial charge in [-0.1, -0.05) is 0 Å². The van der Waals surface area contributed by atoms with Crippen molar-refractivity contribution < 1.29 is 17.6 Å². The zero-order valence-corrected chi connectivity index (χ0v) is 14.6. The van der Waals surface area contributed by atoms with E-state index in [0.717, 1.165) is 15.6 Å². The highest BCUT2D eigenvalue weighted by atomic mass is 79.9. The normalized spacial score (nSPS) is 11.6. The first-order valence-corrected chi connectivity index (χ1v) is 9.11. The lowest BCUT2D eigenvalue weighted by molar-refractivity contribution is -0.116. The summed E-state index contributed by atoms with van der Waals surface area (Å²) < 4.78 is 39.1. The van der Waals surface area contributed by atoms with Gasteiger partial charge in [0.1, 0.15) is 10.0 Å². The van der Waals surface area contributed by atoms with Gasteiger partial charge >= 0.3 is 0 Å². The molecule has 2 aromatic rings. The van der Waals surface area contributed by atoms with Gasteiger partial charge in [0, 0.05) is 12.7 Å². The molecule has 9 heteroatoms. The van der Waals surface area contributed by atoms with Gasteiger partial charge < -0.3 is 5.32 Å². The minimum atomic E-state index is -3.71. The molecule has 0 fully saturated rings. The summed E-state index contributed by atoms with van der Waals surface area (Å²) in [6, 6.07) is 8.32. The Balaban J connectivity index is 2.03. The Morgan fingerprint density at radius 1 is 1.27 bits per heavy atom. The van der Waals surface area contributed by atoms with Crippen LogP contribution in [0.1, 0.15) is 0 Å². The van der Waals surface area contributed by atoms with Crippen LogP contribution in [0.2, 0.25) is 0 Å². The zero-order chi connectivity index (χ0) is 16.3. The van der Waals surface area contributed by atoms with Crippen molar-refractivity contribution in [3.8, 4) is 0 Å². The monoisotopic (exact) mass is 406 g/mol. The van der Waals surface area contributed by atoms with Crippen LogP contribution in [0, 0.1) is 5.82 Å². The highest BCUT2D eigenvalue weighted by Crippen LogP contribution is 2.27. The number of nitrogens with one attached hydrogen (secondary N) is 1. The Bertz CT molecular complexity index is 775. The molecule has 5 nitrogen and oxygen atoms in total. The molecule has 1 heterocycles. The molecule has 118 valence electrons. The number of thiophene rings is 1. The summed E-state index contributed by atoms with van der Waals surface area (Å²) in [5, 5.41) is 2.51. The molecule has 0 aliphatic heterocycles. The number of benzene rings is 1. The molecule has 0 saturated carbocycles. The van der Waals surface area contributed by atoms with Gasteiger partial charge in [0.25, 0.3) is 10.0 Å². The van der Waals surface area contributed by atoms with Gasteiger partial charge in [-0.25, -0.2) is 12.8 Å². The maximum Gasteiger partial charge on any atom is 0.252 e. The highest BCUT2D eigenvalue weighted by molar-refractivity contribution is 9.11. The summed E-state index contributed by atoms with van der Waals surface area (Å²) in [6.45, 7) is -0.338. The lowest BCUT2D eigenvalue weighted by Crippen LogP contribution is -2.34. The number of anilines is 1. The van der Waals surface area contributed by atoms with Gasteiger partial charge in [-0.15, -0.1) is 11.3 Å². The number of carbonyl (C=O) groups is 1. The average Bonchev–Trinajstić information content (AvgIpc) is 2.88. The molecule has 0 radical (unpaired) electrons. The molecular weight excluding hydrogens is 395 g/mol. The second kappa shape index (κ2) is 6.86. The van der Waals surface area contributed by atoms with Crippen LogP contribution in [0.15, 0.2) is 44.4 Å². The van der Waals surface area contributed by atoms with Crippen LogP contribution < -0.4 is 5.32 Å². The predicted molar refractivity (Wildman–Crippen MR) is 86.9 cm³/mol. The van der Waals surface area contributed by atoms with E-state index in [1.165, 1.54) is 37.4 Å². The van der Waals surface area contributed by atoms with Crippen molar-refractivity contribution in [2.45, 2.75) is 4.21 Å². The predicted octanol–water partition coefficient (Wildman–Crippen LogP) is 2.91. The van der Waals surface area contributed by atoms with Crippen LogP contribution in [-0.4, -0.2) is 32.2 Å². The van der Waals surface area contributed by atoms with Crippen molar-refractivity contribution in [2.75, 3.05) is 18.9 Å². The number of amides is 1. The van der Waals surface area contributed by atoms with Crippen molar-refractivity contribution in [2.24, 2.45) is 0 Å². The lowest BCUT2D eigenvalue weighted by atomic mass is 10.3. The van der Waals surface area contributed by atoms with E-state index in [1.54, 1.807) is 6.07 Å². The zero-order valence-electron chi connectivity index (χ0n) is 11.4. The summed E-state index contributed by atoms with van der Waals surface area (Å²) in [5.41, 5.74) is 0.399. The van der Waals surface area contributed by atoms with Gasteiger partial charge in [-0.05, 0) is 52.3 Å². The van der Waals surface area contributed by atoms with Crippen molar-refractivity contribution >= 4 is 48.9 Å². The van der Waals surface area contributed by atoms with E-state index in [2.05, 4.69) is 21.2 Å². The fourth-order valence-corrected chi connectivity index (χ4v) is 4.96. The SMILES string of the molecule is CN(CC(=O)Nc1ccc(F)cc1)S(=O)(=O)c1ccc(Br)s1. The van der Waals surface area contributed by atoms with Crippen molar-refractivity contribution in [3.05, 3.63) is 46.0 Å². The van der Waals surface area contributed by atoms with Gasteiger partial charge in [0.05, 0.1) is 10.3 Å². The van der Waals surface area contributed by atoms with Crippen molar-refractivity contribution in [3.63, 3.8) is 0 Å². The molecular formula is C13H12BrFN2O3S2. The maximum absolute atomic E-state index is 12.8. The second-order valence-corrected chi connectivity index (χ2v) is 9.11. The van der Waals surface area contributed by atoms with E-state index >= 15 is 0 Å². The Labute approximate surface area is 139 Å². The van der Waals surface area contributed by atoms with Crippen LogP contribution in [0.25, 0.3) is 0 Å². The fraction of sp³-hybridized carbons (Fsp3) is 0.154. The largest absolute Gasteiger partial charge is 0.325 e. The number of rotatable bonds is 5. The minimum absolute atomic E-state index is 0.149. The van der Waals surface area contributed by atoms with Crippen LogP contribution in [0.4, 0.5) is 10.1 Å². The van der Waals surface area contributed by atoms with Crippen molar-refractivity contribution in [1.82, 2.24) is 4.31 Å². The lowest BCUT2D eigenvalue weighted by Gasteiger charge is -2.15. The first kappa shape index (κ1) is 17.1. The van der Waals surface area contributed by atoms with Crippen molar-refractivity contribution in [1.29, 1.82) is 0 Å². The van der Waals surface area contributed by atoms with E-state index in [-0.39, 0.29) is 10.8 Å². The fourth-order valence-electron chi connectivity index (χ4n) is 1.61. The Kier molecular flexibility index (Phi) is 5.32. The second-order valence-electron chi connectivity index (χ2n) is 4.37. The molecule has 0 saturated heterocycles. The van der Waals surface area contributed by atoms with E-state index in [0.29, 0.717) is 9.47 Å². The van der Waals surface area contributed by atoms with Gasteiger partial charge in [-0.3, -0.25) is 4.79 Å². The average molecular weight is 407 g/mol. The highest BCUT2D eigenvalue weighted by Gasteiger charge is 2.24. The van der Waals surface area contributed by atoms with Gasteiger partial charge in [-0.2, -0.15) is 4.31 Å². The van der Waals surface area contributed by atoms with E-state index in [4.69, 9.17) is 0 Å². The third-order valence-electron chi connectivity index (χ3n) is 2.71. The quantitative estimate of drug-likeness (QED) is 0.829. The number of hydrogen-bond donors (Lipinski definition) is 1. The summed E-state index contributed by atoms with van der Waals surface area (Å²) in [7, 11) is -2.38. The number of nitrogens with zero attached hydrogens (tertiary/aromatic N) is 1. The molecule has 0 bridgehead atoms. The third-order valence-corrected chi connectivity index (χ3v) is 6.60. The smallest absolute Gasteiger partial charge is 0.252 e. The molecule has 0 spiro atoms. The Morgan fingerprint density at radius 3 is 2.45 bits per heavy atom. The molecule has 0 unspecified atom stereocenters. The molecule has 0 aliphatic rings. The van der Waals surface area contributed by atoms with Crippen LogP contribution in [-0.2, 0) is 14.8 Å². The Hall–Kier alpha value is -1.29. The standard InChI is InChI=1S/C13H12BrFN2O3S2/c1-17(22(19,20)13-7-6-11(14)21-13)8-12(18)16-10-4-2-9(15)3-5-10/h2-7H,8H2,1H3,(H,16,18). The topological polar surface area (TPSA) is 66.5 Å². The van der Waals surface area contributed by atoms with Crippen LogP contribution in [0.3, 0.4) is 0 Å². The first-order valence-electron chi connectivity index (χ1n) is 6.06. The summed E-state index contributed by atoms with van der Waals surface area (Å²) >= 11 is 4.27. The number of sulfonamides is 1. The first-order chi connectivity index (χ1) is 10.3. The maximum atomic E-state index is 12.8. The number of hydrogen-bond acceptors (Lipinski definition) is 4.